The van der Waals surface area contributed by atoms with Gasteiger partial charge in [0, 0.05) is 24.1 Å². The Morgan fingerprint density at radius 1 is 1.04 bits per heavy atom. The fraction of sp³-hybridized carbons (Fsp3) is 0.682. The van der Waals surface area contributed by atoms with Gasteiger partial charge in [-0.2, -0.15) is 0 Å². The fourth-order valence-corrected chi connectivity index (χ4v) is 6.16. The van der Waals surface area contributed by atoms with E-state index in [0.29, 0.717) is 11.7 Å². The van der Waals surface area contributed by atoms with Gasteiger partial charge in [0.05, 0.1) is 14.2 Å². The lowest BCUT2D eigenvalue weighted by molar-refractivity contribution is -0.184. The van der Waals surface area contributed by atoms with Crippen molar-refractivity contribution >= 4 is 17.3 Å². The van der Waals surface area contributed by atoms with Gasteiger partial charge in [0.1, 0.15) is 17.2 Å². The van der Waals surface area contributed by atoms with Crippen molar-refractivity contribution in [2.75, 3.05) is 14.2 Å². The number of aliphatic hydroxyl groups is 1. The van der Waals surface area contributed by atoms with E-state index in [1.807, 2.05) is 23.1 Å². The molecule has 2 atom stereocenters. The Bertz CT molecular complexity index is 712. The molecule has 6 heteroatoms. The van der Waals surface area contributed by atoms with Gasteiger partial charge in [-0.15, -0.1) is 0 Å². The van der Waals surface area contributed by atoms with Gasteiger partial charge in [0.25, 0.3) is 0 Å². The summed E-state index contributed by atoms with van der Waals surface area (Å²) in [5.74, 6) is 1.72. The van der Waals surface area contributed by atoms with Gasteiger partial charge in [0.2, 0.25) is 0 Å². The van der Waals surface area contributed by atoms with Gasteiger partial charge in [-0.05, 0) is 62.0 Å². The van der Waals surface area contributed by atoms with Crippen LogP contribution in [-0.4, -0.2) is 40.6 Å². The molecule has 0 aromatic heterocycles. The third-order valence-corrected chi connectivity index (χ3v) is 7.40. The highest BCUT2D eigenvalue weighted by Crippen LogP contribution is 2.50. The minimum absolute atomic E-state index is 0.0347. The quantitative estimate of drug-likeness (QED) is 0.741. The molecule has 1 aromatic carbocycles. The molecular weight excluding hydrogens is 372 g/mol. The van der Waals surface area contributed by atoms with Crippen molar-refractivity contribution < 1.29 is 14.6 Å². The molecule has 2 aliphatic carbocycles. The molecular formula is C22H32N2O3S. The molecule has 3 aliphatic rings. The first kappa shape index (κ1) is 19.8. The number of hydrogen-bond acceptors (Lipinski definition) is 4. The predicted octanol–water partition coefficient (Wildman–Crippen LogP) is 3.98. The van der Waals surface area contributed by atoms with Crippen LogP contribution in [-0.2, 0) is 6.54 Å². The molecule has 1 spiro atoms. The lowest BCUT2D eigenvalue weighted by atomic mass is 9.62. The van der Waals surface area contributed by atoms with E-state index in [2.05, 4.69) is 5.32 Å². The van der Waals surface area contributed by atoms with Crippen LogP contribution in [0.25, 0.3) is 0 Å². The molecule has 1 aromatic rings. The SMILES string of the molecule is COc1cc(CN2C(=S)NC3(CCCCC3)[C@@H]3CCCC[C@]32O)cc(OC)c1. The summed E-state index contributed by atoms with van der Waals surface area (Å²) in [6, 6.07) is 5.86. The Morgan fingerprint density at radius 3 is 2.32 bits per heavy atom. The monoisotopic (exact) mass is 404 g/mol. The van der Waals surface area contributed by atoms with Gasteiger partial charge >= 0.3 is 0 Å². The number of thiocarbonyl (C=S) groups is 1. The van der Waals surface area contributed by atoms with E-state index in [0.717, 1.165) is 49.2 Å². The first-order valence-corrected chi connectivity index (χ1v) is 11.0. The zero-order chi connectivity index (χ0) is 19.8. The van der Waals surface area contributed by atoms with Gasteiger partial charge in [-0.3, -0.25) is 0 Å². The Kier molecular flexibility index (Phi) is 5.45. The number of ether oxygens (including phenoxy) is 2. The molecule has 1 heterocycles. The van der Waals surface area contributed by atoms with Crippen LogP contribution in [0.1, 0.15) is 63.4 Å². The van der Waals surface area contributed by atoms with E-state index >= 15 is 0 Å². The van der Waals surface area contributed by atoms with E-state index in [9.17, 15) is 5.11 Å². The summed E-state index contributed by atoms with van der Waals surface area (Å²) in [7, 11) is 3.31. The molecule has 0 amide bonds. The van der Waals surface area contributed by atoms with Crippen molar-refractivity contribution in [3.05, 3.63) is 23.8 Å². The predicted molar refractivity (Wildman–Crippen MR) is 114 cm³/mol. The largest absolute Gasteiger partial charge is 0.497 e. The molecule has 4 rings (SSSR count). The average Bonchev–Trinajstić information content (AvgIpc) is 2.71. The molecule has 154 valence electrons. The normalized spacial score (nSPS) is 29.2. The van der Waals surface area contributed by atoms with Crippen molar-refractivity contribution in [2.24, 2.45) is 5.92 Å². The molecule has 1 saturated heterocycles. The third kappa shape index (κ3) is 3.35. The maximum Gasteiger partial charge on any atom is 0.171 e. The molecule has 2 N–H and O–H groups in total. The zero-order valence-electron chi connectivity index (χ0n) is 17.0. The molecule has 2 saturated carbocycles. The van der Waals surface area contributed by atoms with Crippen molar-refractivity contribution in [2.45, 2.75) is 75.6 Å². The topological polar surface area (TPSA) is 54.0 Å². The second-order valence-corrected chi connectivity index (χ2v) is 9.02. The van der Waals surface area contributed by atoms with E-state index in [-0.39, 0.29) is 11.5 Å². The third-order valence-electron chi connectivity index (χ3n) is 7.08. The summed E-state index contributed by atoms with van der Waals surface area (Å²) in [4.78, 5) is 2.03. The smallest absolute Gasteiger partial charge is 0.171 e. The Morgan fingerprint density at radius 2 is 1.68 bits per heavy atom. The standard InChI is InChI=1S/C22H32N2O3S/c1-26-17-12-16(13-18(14-17)27-2)15-24-20(28)23-21(9-5-3-6-10-21)19-8-4-7-11-22(19,24)25/h12-14,19,25H,3-11,15H2,1-2H3,(H,23,28)/t19-,22-/m0/s1. The molecule has 0 unspecified atom stereocenters. The van der Waals surface area contributed by atoms with Crippen molar-refractivity contribution in [3.63, 3.8) is 0 Å². The molecule has 0 radical (unpaired) electrons. The molecule has 1 aliphatic heterocycles. The highest BCUT2D eigenvalue weighted by Gasteiger charge is 2.58. The van der Waals surface area contributed by atoms with Crippen molar-refractivity contribution in [1.82, 2.24) is 10.2 Å². The first-order chi connectivity index (χ1) is 13.5. The highest BCUT2D eigenvalue weighted by molar-refractivity contribution is 7.80. The van der Waals surface area contributed by atoms with Crippen LogP contribution in [0, 0.1) is 5.92 Å². The van der Waals surface area contributed by atoms with E-state index in [4.69, 9.17) is 21.7 Å². The molecule has 28 heavy (non-hydrogen) atoms. The van der Waals surface area contributed by atoms with E-state index < -0.39 is 5.72 Å². The Balaban J connectivity index is 1.67. The van der Waals surface area contributed by atoms with Gasteiger partial charge in [-0.25, -0.2) is 0 Å². The highest BCUT2D eigenvalue weighted by atomic mass is 32.1. The van der Waals surface area contributed by atoms with Gasteiger partial charge in [0.15, 0.2) is 5.11 Å². The minimum atomic E-state index is -0.881. The first-order valence-electron chi connectivity index (χ1n) is 10.5. The summed E-state index contributed by atoms with van der Waals surface area (Å²) in [6.07, 6.45) is 10.0. The van der Waals surface area contributed by atoms with E-state index in [1.165, 1.54) is 25.7 Å². The minimum Gasteiger partial charge on any atom is -0.497 e. The van der Waals surface area contributed by atoms with Gasteiger partial charge < -0.3 is 24.8 Å². The number of fused-ring (bicyclic) bond motifs is 2. The number of methoxy groups -OCH3 is 2. The second-order valence-electron chi connectivity index (χ2n) is 8.63. The molecule has 5 nitrogen and oxygen atoms in total. The van der Waals surface area contributed by atoms with Crippen molar-refractivity contribution in [3.8, 4) is 11.5 Å². The fourth-order valence-electron chi connectivity index (χ4n) is 5.73. The number of nitrogens with zero attached hydrogens (tertiary/aromatic N) is 1. The maximum absolute atomic E-state index is 12.0. The Labute approximate surface area is 173 Å². The number of rotatable bonds is 4. The van der Waals surface area contributed by atoms with Crippen LogP contribution in [0.15, 0.2) is 18.2 Å². The summed E-state index contributed by atoms with van der Waals surface area (Å²) >= 11 is 5.83. The Hall–Kier alpha value is -1.53. The van der Waals surface area contributed by atoms with Crippen LogP contribution in [0.3, 0.4) is 0 Å². The lowest BCUT2D eigenvalue weighted by Gasteiger charge is -2.61. The average molecular weight is 405 g/mol. The summed E-state index contributed by atoms with van der Waals surface area (Å²) in [6.45, 7) is 0.544. The number of hydrogen-bond donors (Lipinski definition) is 2. The lowest BCUT2D eigenvalue weighted by Crippen LogP contribution is -2.75. The van der Waals surface area contributed by atoms with Crippen LogP contribution in [0.4, 0.5) is 0 Å². The van der Waals surface area contributed by atoms with Crippen LogP contribution in [0.5, 0.6) is 11.5 Å². The maximum atomic E-state index is 12.0. The zero-order valence-corrected chi connectivity index (χ0v) is 17.8. The summed E-state index contributed by atoms with van der Waals surface area (Å²) in [5.41, 5.74) is 0.110. The van der Waals surface area contributed by atoms with Crippen LogP contribution >= 0.6 is 12.2 Å². The number of benzene rings is 1. The summed E-state index contributed by atoms with van der Waals surface area (Å²) in [5, 5.41) is 16.4. The second kappa shape index (κ2) is 7.71. The summed E-state index contributed by atoms with van der Waals surface area (Å²) < 4.78 is 10.9. The number of nitrogens with one attached hydrogen (secondary N) is 1. The molecule has 0 bridgehead atoms. The van der Waals surface area contributed by atoms with Crippen molar-refractivity contribution in [1.29, 1.82) is 0 Å². The van der Waals surface area contributed by atoms with Crippen LogP contribution in [0.2, 0.25) is 0 Å². The molecule has 3 fully saturated rings. The van der Waals surface area contributed by atoms with Gasteiger partial charge in [-0.1, -0.05) is 25.7 Å². The van der Waals surface area contributed by atoms with E-state index in [1.54, 1.807) is 14.2 Å². The van der Waals surface area contributed by atoms with Crippen LogP contribution < -0.4 is 14.8 Å².